The predicted molar refractivity (Wildman–Crippen MR) is 98.3 cm³/mol. The van der Waals surface area contributed by atoms with Crippen LogP contribution in [-0.4, -0.2) is 20.7 Å². The summed E-state index contributed by atoms with van der Waals surface area (Å²) >= 11 is 3.45. The summed E-state index contributed by atoms with van der Waals surface area (Å²) in [4.78, 5) is 24.7. The van der Waals surface area contributed by atoms with E-state index in [1.807, 2.05) is 30.3 Å². The zero-order valence-electron chi connectivity index (χ0n) is 13.1. The standard InChI is InChI=1S/C18H15BrN4O/c1-11(2)17(24)8-14-7-15-16(9-20-14)21-10-22-18(15)23-13-5-3-4-12(19)6-13/h3-7,9-10H,1,8H2,2H3,(H,21,22,23). The molecule has 2 aromatic heterocycles. The van der Waals surface area contributed by atoms with Crippen LogP contribution >= 0.6 is 15.9 Å². The van der Waals surface area contributed by atoms with Crippen LogP contribution < -0.4 is 5.32 Å². The molecule has 0 aliphatic rings. The molecule has 3 rings (SSSR count). The van der Waals surface area contributed by atoms with Gasteiger partial charge < -0.3 is 5.32 Å². The van der Waals surface area contributed by atoms with Crippen molar-refractivity contribution in [3.8, 4) is 0 Å². The third-order valence-electron chi connectivity index (χ3n) is 3.48. The maximum atomic E-state index is 11.9. The minimum atomic E-state index is -0.0276. The van der Waals surface area contributed by atoms with Crippen LogP contribution in [-0.2, 0) is 11.2 Å². The van der Waals surface area contributed by atoms with Crippen molar-refractivity contribution >= 4 is 44.1 Å². The number of carbonyl (C=O) groups is 1. The molecule has 0 bridgehead atoms. The number of fused-ring (bicyclic) bond motifs is 1. The average Bonchev–Trinajstić information content (AvgIpc) is 2.55. The lowest BCUT2D eigenvalue weighted by Crippen LogP contribution is -2.05. The predicted octanol–water partition coefficient (Wildman–Crippen LogP) is 4.22. The van der Waals surface area contributed by atoms with E-state index in [1.165, 1.54) is 6.33 Å². The third-order valence-corrected chi connectivity index (χ3v) is 3.98. The van der Waals surface area contributed by atoms with Gasteiger partial charge in [0.05, 0.1) is 18.1 Å². The van der Waals surface area contributed by atoms with Crippen molar-refractivity contribution in [3.63, 3.8) is 0 Å². The topological polar surface area (TPSA) is 67.8 Å². The van der Waals surface area contributed by atoms with Gasteiger partial charge in [-0.2, -0.15) is 0 Å². The van der Waals surface area contributed by atoms with Gasteiger partial charge in [-0.15, -0.1) is 0 Å². The second kappa shape index (κ2) is 6.88. The molecular weight excluding hydrogens is 368 g/mol. The minimum absolute atomic E-state index is 0.0276. The van der Waals surface area contributed by atoms with Crippen molar-refractivity contribution < 1.29 is 4.79 Å². The second-order valence-electron chi connectivity index (χ2n) is 5.43. The van der Waals surface area contributed by atoms with E-state index in [0.29, 0.717) is 22.6 Å². The van der Waals surface area contributed by atoms with Crippen LogP contribution in [0.3, 0.4) is 0 Å². The third kappa shape index (κ3) is 3.65. The Morgan fingerprint density at radius 2 is 2.08 bits per heavy atom. The Kier molecular flexibility index (Phi) is 4.66. The van der Waals surface area contributed by atoms with E-state index in [4.69, 9.17) is 0 Å². The summed E-state index contributed by atoms with van der Waals surface area (Å²) in [6.07, 6.45) is 3.36. The fourth-order valence-corrected chi connectivity index (χ4v) is 2.62. The monoisotopic (exact) mass is 382 g/mol. The van der Waals surface area contributed by atoms with E-state index in [9.17, 15) is 4.79 Å². The zero-order valence-corrected chi connectivity index (χ0v) is 14.7. The molecule has 120 valence electrons. The molecule has 1 aromatic carbocycles. The Labute approximate surface area is 148 Å². The average molecular weight is 383 g/mol. The van der Waals surface area contributed by atoms with Gasteiger partial charge in [-0.3, -0.25) is 9.78 Å². The Bertz CT molecular complexity index is 939. The summed E-state index contributed by atoms with van der Waals surface area (Å²) in [5.41, 5.74) is 2.81. The summed E-state index contributed by atoms with van der Waals surface area (Å²) in [5.74, 6) is 0.643. The highest BCUT2D eigenvalue weighted by Crippen LogP contribution is 2.25. The van der Waals surface area contributed by atoms with E-state index in [2.05, 4.69) is 42.8 Å². The molecule has 0 atom stereocenters. The number of anilines is 2. The number of nitrogens with one attached hydrogen (secondary N) is 1. The fourth-order valence-electron chi connectivity index (χ4n) is 2.22. The summed E-state index contributed by atoms with van der Waals surface area (Å²) in [7, 11) is 0. The van der Waals surface area contributed by atoms with Crippen molar-refractivity contribution in [2.24, 2.45) is 0 Å². The first-order valence-corrected chi connectivity index (χ1v) is 8.13. The van der Waals surface area contributed by atoms with Gasteiger partial charge in [0.2, 0.25) is 0 Å². The van der Waals surface area contributed by atoms with E-state index in [-0.39, 0.29) is 12.2 Å². The molecule has 0 saturated heterocycles. The summed E-state index contributed by atoms with van der Waals surface area (Å²) < 4.78 is 0.972. The molecule has 5 nitrogen and oxygen atoms in total. The van der Waals surface area contributed by atoms with Gasteiger partial charge in [-0.1, -0.05) is 28.6 Å². The van der Waals surface area contributed by atoms with Crippen molar-refractivity contribution in [2.75, 3.05) is 5.32 Å². The van der Waals surface area contributed by atoms with E-state index in [1.54, 1.807) is 13.1 Å². The van der Waals surface area contributed by atoms with Crippen LogP contribution in [0.2, 0.25) is 0 Å². The molecule has 0 spiro atoms. The molecule has 0 fully saturated rings. The molecule has 3 aromatic rings. The van der Waals surface area contributed by atoms with Crippen molar-refractivity contribution in [1.82, 2.24) is 15.0 Å². The smallest absolute Gasteiger partial charge is 0.163 e. The number of hydrogen-bond donors (Lipinski definition) is 1. The SMILES string of the molecule is C=C(C)C(=O)Cc1cc2c(Nc3cccc(Br)c3)ncnc2cn1. The van der Waals surface area contributed by atoms with Crippen molar-refractivity contribution in [3.05, 3.63) is 65.2 Å². The second-order valence-corrected chi connectivity index (χ2v) is 6.35. The molecule has 0 radical (unpaired) electrons. The van der Waals surface area contributed by atoms with Gasteiger partial charge in [0, 0.05) is 21.2 Å². The van der Waals surface area contributed by atoms with Gasteiger partial charge >= 0.3 is 0 Å². The number of nitrogens with zero attached hydrogens (tertiary/aromatic N) is 3. The number of rotatable bonds is 5. The number of allylic oxidation sites excluding steroid dienone is 1. The minimum Gasteiger partial charge on any atom is -0.340 e. The van der Waals surface area contributed by atoms with Crippen molar-refractivity contribution in [1.29, 1.82) is 0 Å². The van der Waals surface area contributed by atoms with Crippen LogP contribution in [0.4, 0.5) is 11.5 Å². The Hall–Kier alpha value is -2.60. The molecule has 6 heteroatoms. The molecule has 0 saturated carbocycles. The van der Waals surface area contributed by atoms with Gasteiger partial charge in [0.1, 0.15) is 12.1 Å². The van der Waals surface area contributed by atoms with Gasteiger partial charge in [-0.25, -0.2) is 9.97 Å². The number of carbonyl (C=O) groups excluding carboxylic acids is 1. The normalized spacial score (nSPS) is 10.6. The first-order chi connectivity index (χ1) is 11.5. The summed E-state index contributed by atoms with van der Waals surface area (Å²) in [6.45, 7) is 5.38. The molecule has 0 amide bonds. The molecule has 2 heterocycles. The van der Waals surface area contributed by atoms with Crippen LogP contribution in [0.25, 0.3) is 10.9 Å². The number of ketones is 1. The van der Waals surface area contributed by atoms with Gasteiger partial charge in [0.15, 0.2) is 5.78 Å². The first-order valence-electron chi connectivity index (χ1n) is 7.34. The molecule has 0 aliphatic carbocycles. The zero-order chi connectivity index (χ0) is 17.1. The Balaban J connectivity index is 1.98. The van der Waals surface area contributed by atoms with Crippen LogP contribution in [0.15, 0.2) is 59.5 Å². The number of pyridine rings is 1. The lowest BCUT2D eigenvalue weighted by molar-refractivity contribution is -0.114. The quantitative estimate of drug-likeness (QED) is 0.669. The number of hydrogen-bond acceptors (Lipinski definition) is 5. The highest BCUT2D eigenvalue weighted by molar-refractivity contribution is 9.10. The van der Waals surface area contributed by atoms with Crippen LogP contribution in [0.1, 0.15) is 12.6 Å². The Morgan fingerprint density at radius 1 is 1.25 bits per heavy atom. The van der Waals surface area contributed by atoms with Gasteiger partial charge in [-0.05, 0) is 36.8 Å². The first kappa shape index (κ1) is 16.3. The highest BCUT2D eigenvalue weighted by atomic mass is 79.9. The number of halogens is 1. The molecule has 24 heavy (non-hydrogen) atoms. The fraction of sp³-hybridized carbons (Fsp3) is 0.111. The largest absolute Gasteiger partial charge is 0.340 e. The number of aromatic nitrogens is 3. The Morgan fingerprint density at radius 3 is 2.83 bits per heavy atom. The van der Waals surface area contributed by atoms with Gasteiger partial charge in [0.25, 0.3) is 0 Å². The van der Waals surface area contributed by atoms with Crippen molar-refractivity contribution in [2.45, 2.75) is 13.3 Å². The summed E-state index contributed by atoms with van der Waals surface area (Å²) in [6, 6.07) is 9.64. The number of benzene rings is 1. The maximum absolute atomic E-state index is 11.9. The van der Waals surface area contributed by atoms with Crippen LogP contribution in [0, 0.1) is 0 Å². The van der Waals surface area contributed by atoms with E-state index in [0.717, 1.165) is 15.5 Å². The maximum Gasteiger partial charge on any atom is 0.163 e. The molecule has 0 unspecified atom stereocenters. The number of Topliss-reactive ketones (excluding diaryl/α,β-unsaturated/α-hetero) is 1. The molecule has 0 aliphatic heterocycles. The van der Waals surface area contributed by atoms with Crippen LogP contribution in [0.5, 0.6) is 0 Å². The van der Waals surface area contributed by atoms with E-state index >= 15 is 0 Å². The summed E-state index contributed by atoms with van der Waals surface area (Å²) in [5, 5.41) is 4.10. The lowest BCUT2D eigenvalue weighted by Gasteiger charge is -2.09. The van der Waals surface area contributed by atoms with E-state index < -0.39 is 0 Å². The lowest BCUT2D eigenvalue weighted by atomic mass is 10.1. The highest BCUT2D eigenvalue weighted by Gasteiger charge is 2.10. The molecular formula is C18H15BrN4O. The molecule has 1 N–H and O–H groups in total.